The number of carbonyl (C=O) groups excluding carboxylic acids is 1. The fourth-order valence-electron chi connectivity index (χ4n) is 2.90. The van der Waals surface area contributed by atoms with Crippen LogP contribution in [0.15, 0.2) is 98.7 Å². The van der Waals surface area contributed by atoms with Crippen LogP contribution in [0.5, 0.6) is 0 Å². The highest BCUT2D eigenvalue weighted by Crippen LogP contribution is 2.18. The number of furan rings is 1. The number of nitrogens with zero attached hydrogens (tertiary/aromatic N) is 2. The van der Waals surface area contributed by atoms with E-state index in [0.29, 0.717) is 11.3 Å². The van der Waals surface area contributed by atoms with E-state index in [9.17, 15) is 13.2 Å². The van der Waals surface area contributed by atoms with Gasteiger partial charge in [-0.05, 0) is 29.8 Å². The smallest absolute Gasteiger partial charge is 0.315 e. The molecule has 30 heavy (non-hydrogen) atoms. The zero-order valence-corrected chi connectivity index (χ0v) is 17.5. The van der Waals surface area contributed by atoms with Gasteiger partial charge in [-0.2, -0.15) is 4.99 Å². The summed E-state index contributed by atoms with van der Waals surface area (Å²) >= 11 is 1.34. The van der Waals surface area contributed by atoms with Crippen molar-refractivity contribution in [3.05, 3.63) is 106 Å². The van der Waals surface area contributed by atoms with Crippen molar-refractivity contribution in [3.63, 3.8) is 0 Å². The molecule has 0 aliphatic heterocycles. The van der Waals surface area contributed by atoms with Gasteiger partial charge in [0.15, 0.2) is 20.4 Å². The largest absolute Gasteiger partial charge is 0.455 e. The second kappa shape index (κ2) is 8.64. The van der Waals surface area contributed by atoms with Gasteiger partial charge in [-0.3, -0.25) is 4.79 Å². The predicted octanol–water partition coefficient (Wildman–Crippen LogP) is 3.91. The minimum absolute atomic E-state index is 0.00734. The van der Waals surface area contributed by atoms with E-state index >= 15 is 0 Å². The van der Waals surface area contributed by atoms with Crippen molar-refractivity contribution in [1.29, 1.82) is 0 Å². The Kier molecular flexibility index (Phi) is 5.78. The van der Waals surface area contributed by atoms with Crippen LogP contribution in [0, 0.1) is 0 Å². The van der Waals surface area contributed by atoms with Gasteiger partial charge in [-0.15, -0.1) is 11.3 Å². The number of thiazole rings is 1. The minimum atomic E-state index is -3.55. The number of rotatable bonds is 6. The highest BCUT2D eigenvalue weighted by molar-refractivity contribution is 7.90. The van der Waals surface area contributed by atoms with Gasteiger partial charge in [0.05, 0.1) is 4.90 Å². The van der Waals surface area contributed by atoms with E-state index in [1.54, 1.807) is 18.2 Å². The third-order valence-corrected chi connectivity index (χ3v) is 6.81. The van der Waals surface area contributed by atoms with Crippen LogP contribution < -0.4 is 4.80 Å². The molecule has 0 fully saturated rings. The van der Waals surface area contributed by atoms with E-state index < -0.39 is 15.7 Å². The summed E-state index contributed by atoms with van der Waals surface area (Å²) in [5.74, 6) is -0.673. The van der Waals surface area contributed by atoms with Crippen molar-refractivity contribution in [3.8, 4) is 0 Å². The fourth-order valence-corrected chi connectivity index (χ4v) is 4.89. The molecule has 2 heterocycles. The molecule has 0 N–H and O–H groups in total. The second-order valence-electron chi connectivity index (χ2n) is 6.55. The average molecular weight is 439 g/mol. The Balaban J connectivity index is 1.52. The van der Waals surface area contributed by atoms with Crippen LogP contribution >= 0.6 is 11.3 Å². The summed E-state index contributed by atoms with van der Waals surface area (Å²) in [6.45, 7) is 0.592. The third kappa shape index (κ3) is 4.67. The van der Waals surface area contributed by atoms with Crippen LogP contribution in [0.3, 0.4) is 0 Å². The molecule has 8 heteroatoms. The Morgan fingerprint density at radius 3 is 2.40 bits per heavy atom. The topological polar surface area (TPSA) is 81.6 Å². The zero-order chi connectivity index (χ0) is 21.0. The Bertz CT molecular complexity index is 1320. The molecule has 0 bridgehead atoms. The molecule has 0 radical (unpaired) electrons. The molecule has 0 unspecified atom stereocenters. The van der Waals surface area contributed by atoms with Crippen LogP contribution in [0.25, 0.3) is 0 Å². The number of hydrogen-bond donors (Lipinski definition) is 0. The van der Waals surface area contributed by atoms with E-state index in [2.05, 4.69) is 4.99 Å². The van der Waals surface area contributed by atoms with Gasteiger partial charge in [0.25, 0.3) is 0 Å². The van der Waals surface area contributed by atoms with Gasteiger partial charge in [0, 0.05) is 18.1 Å². The van der Waals surface area contributed by atoms with Crippen LogP contribution in [0.4, 0.5) is 0 Å². The van der Waals surface area contributed by atoms with Crippen molar-refractivity contribution in [2.75, 3.05) is 0 Å². The molecule has 6 nitrogen and oxygen atoms in total. The summed E-state index contributed by atoms with van der Waals surface area (Å²) in [5.41, 5.74) is 1.09. The molecule has 0 spiro atoms. The number of amides is 1. The number of aromatic nitrogens is 1. The first-order chi connectivity index (χ1) is 14.5. The molecule has 152 valence electrons. The summed E-state index contributed by atoms with van der Waals surface area (Å²) in [7, 11) is -3.55. The normalized spacial score (nSPS) is 12.2. The molecule has 0 aliphatic carbocycles. The van der Waals surface area contributed by atoms with E-state index in [4.69, 9.17) is 4.42 Å². The predicted molar refractivity (Wildman–Crippen MR) is 114 cm³/mol. The SMILES string of the molecule is O=C(N=c1sccn1Cc1ccccc1)c1ccc(CS(=O)(=O)c2ccccc2)o1. The molecule has 1 amide bonds. The Morgan fingerprint density at radius 2 is 1.67 bits per heavy atom. The molecule has 4 aromatic rings. The molecular weight excluding hydrogens is 420 g/mol. The standard InChI is InChI=1S/C22H18N2O4S2/c25-21(23-22-24(13-14-29-22)15-17-7-3-1-4-8-17)20-12-11-18(28-20)16-30(26,27)19-9-5-2-6-10-19/h1-14H,15-16H2. The maximum atomic E-state index is 12.5. The first kappa shape index (κ1) is 20.1. The Labute approximate surface area is 177 Å². The highest BCUT2D eigenvalue weighted by Gasteiger charge is 2.19. The maximum absolute atomic E-state index is 12.5. The monoisotopic (exact) mass is 438 g/mol. The number of benzene rings is 2. The van der Waals surface area contributed by atoms with Gasteiger partial charge in [0.2, 0.25) is 0 Å². The van der Waals surface area contributed by atoms with E-state index in [1.165, 1.54) is 35.6 Å². The quantitative estimate of drug-likeness (QED) is 0.457. The van der Waals surface area contributed by atoms with Crippen molar-refractivity contribution in [2.24, 2.45) is 4.99 Å². The Hall–Kier alpha value is -3.23. The average Bonchev–Trinajstić information content (AvgIpc) is 3.39. The van der Waals surface area contributed by atoms with Crippen molar-refractivity contribution >= 4 is 27.1 Å². The van der Waals surface area contributed by atoms with Gasteiger partial charge in [0.1, 0.15) is 11.5 Å². The molecule has 0 aliphatic rings. The van der Waals surface area contributed by atoms with Crippen molar-refractivity contribution in [1.82, 2.24) is 4.57 Å². The number of sulfone groups is 1. The molecule has 0 saturated heterocycles. The molecule has 0 atom stereocenters. The first-order valence-corrected chi connectivity index (χ1v) is 11.7. The summed E-state index contributed by atoms with van der Waals surface area (Å²) in [6.07, 6.45) is 1.86. The number of hydrogen-bond acceptors (Lipinski definition) is 5. The summed E-state index contributed by atoms with van der Waals surface area (Å²) in [5, 5.41) is 1.86. The lowest BCUT2D eigenvalue weighted by Crippen LogP contribution is -2.16. The fraction of sp³-hybridized carbons (Fsp3) is 0.0909. The lowest BCUT2D eigenvalue weighted by atomic mass is 10.2. The van der Waals surface area contributed by atoms with Crippen LogP contribution in [-0.2, 0) is 22.1 Å². The molecule has 2 aromatic heterocycles. The van der Waals surface area contributed by atoms with Gasteiger partial charge in [-0.1, -0.05) is 48.5 Å². The summed E-state index contributed by atoms with van der Waals surface area (Å²) < 4.78 is 32.3. The van der Waals surface area contributed by atoms with E-state index in [-0.39, 0.29) is 22.2 Å². The highest BCUT2D eigenvalue weighted by atomic mass is 32.2. The molecule has 2 aromatic carbocycles. The van der Waals surface area contributed by atoms with Crippen LogP contribution in [-0.4, -0.2) is 18.9 Å². The lowest BCUT2D eigenvalue weighted by Gasteiger charge is -2.02. The lowest BCUT2D eigenvalue weighted by molar-refractivity contribution is 0.0970. The Morgan fingerprint density at radius 1 is 0.967 bits per heavy atom. The second-order valence-corrected chi connectivity index (χ2v) is 9.42. The van der Waals surface area contributed by atoms with Gasteiger partial charge < -0.3 is 8.98 Å². The molecule has 0 saturated carbocycles. The van der Waals surface area contributed by atoms with Crippen molar-refractivity contribution in [2.45, 2.75) is 17.2 Å². The van der Waals surface area contributed by atoms with Crippen LogP contribution in [0.2, 0.25) is 0 Å². The molecular formula is C22H18N2O4S2. The van der Waals surface area contributed by atoms with Crippen LogP contribution in [0.1, 0.15) is 21.9 Å². The van der Waals surface area contributed by atoms with E-state index in [0.717, 1.165) is 5.56 Å². The van der Waals surface area contributed by atoms with Gasteiger partial charge >= 0.3 is 5.91 Å². The first-order valence-electron chi connectivity index (χ1n) is 9.15. The van der Waals surface area contributed by atoms with E-state index in [1.807, 2.05) is 46.5 Å². The summed E-state index contributed by atoms with van der Waals surface area (Å²) in [6, 6.07) is 20.9. The maximum Gasteiger partial charge on any atom is 0.315 e. The third-order valence-electron chi connectivity index (χ3n) is 4.36. The summed E-state index contributed by atoms with van der Waals surface area (Å²) in [4.78, 5) is 17.5. The van der Waals surface area contributed by atoms with Gasteiger partial charge in [-0.25, -0.2) is 8.42 Å². The minimum Gasteiger partial charge on any atom is -0.455 e. The number of carbonyl (C=O) groups is 1. The molecule has 4 rings (SSSR count). The van der Waals surface area contributed by atoms with Crippen molar-refractivity contribution < 1.29 is 17.6 Å². The zero-order valence-electron chi connectivity index (χ0n) is 15.8.